The number of benzene rings is 1. The summed E-state index contributed by atoms with van der Waals surface area (Å²) >= 11 is 6.65. The van der Waals surface area contributed by atoms with E-state index < -0.39 is 0 Å². The highest BCUT2D eigenvalue weighted by atomic mass is 35.5. The summed E-state index contributed by atoms with van der Waals surface area (Å²) in [7, 11) is 0. The lowest BCUT2D eigenvalue weighted by Crippen LogP contribution is -2.64. The maximum atomic E-state index is 7.85. The van der Waals surface area contributed by atoms with Crippen LogP contribution in [0.5, 0.6) is 0 Å². The Balaban J connectivity index is 1.19. The molecule has 8 heteroatoms. The van der Waals surface area contributed by atoms with Crippen LogP contribution in [0.4, 0.5) is 17.1 Å². The topological polar surface area (TPSA) is 69.4 Å². The molecule has 1 spiro atoms. The van der Waals surface area contributed by atoms with Crippen molar-refractivity contribution in [1.29, 1.82) is 5.41 Å². The molecule has 2 saturated carbocycles. The molecule has 3 heterocycles. The Morgan fingerprint density at radius 1 is 1.23 bits per heavy atom. The number of anilines is 3. The Bertz CT molecular complexity index is 1020. The van der Waals surface area contributed by atoms with Crippen LogP contribution in [0.25, 0.3) is 0 Å². The third-order valence-electron chi connectivity index (χ3n) is 7.72. The Hall–Kier alpha value is -2.09. The maximum absolute atomic E-state index is 7.85. The third-order valence-corrected chi connectivity index (χ3v) is 8.03. The summed E-state index contributed by atoms with van der Waals surface area (Å²) in [5.74, 6) is 0. The van der Waals surface area contributed by atoms with E-state index in [2.05, 4.69) is 44.1 Å². The van der Waals surface area contributed by atoms with Gasteiger partial charge in [0.1, 0.15) is 0 Å². The van der Waals surface area contributed by atoms with E-state index in [1.165, 1.54) is 25.5 Å². The first-order chi connectivity index (χ1) is 15.0. The largest absolute Gasteiger partial charge is 0.377 e. The molecule has 31 heavy (non-hydrogen) atoms. The number of aromatic nitrogens is 2. The van der Waals surface area contributed by atoms with Crippen LogP contribution in [0.3, 0.4) is 0 Å². The zero-order valence-corrected chi connectivity index (χ0v) is 18.7. The summed E-state index contributed by atoms with van der Waals surface area (Å²) in [6.45, 7) is 7.80. The van der Waals surface area contributed by atoms with Gasteiger partial charge in [0.25, 0.3) is 0 Å². The van der Waals surface area contributed by atoms with Crippen LogP contribution in [0.15, 0.2) is 24.5 Å². The van der Waals surface area contributed by atoms with Gasteiger partial charge in [0.05, 0.1) is 47.4 Å². The Kier molecular flexibility index (Phi) is 4.39. The Labute approximate surface area is 187 Å². The lowest BCUT2D eigenvalue weighted by Gasteiger charge is -2.50. The highest BCUT2D eigenvalue weighted by molar-refractivity contribution is 6.33. The molecule has 7 nitrogen and oxygen atoms in total. The van der Waals surface area contributed by atoms with Crippen molar-refractivity contribution >= 4 is 34.9 Å². The predicted octanol–water partition coefficient (Wildman–Crippen LogP) is 3.91. The van der Waals surface area contributed by atoms with Crippen molar-refractivity contribution in [2.45, 2.75) is 37.8 Å². The van der Waals surface area contributed by atoms with Crippen molar-refractivity contribution in [2.75, 3.05) is 49.6 Å². The summed E-state index contributed by atoms with van der Waals surface area (Å²) in [5, 5.41) is 16.6. The van der Waals surface area contributed by atoms with Gasteiger partial charge in [-0.1, -0.05) is 11.6 Å². The average Bonchev–Trinajstić information content (AvgIpc) is 3.65. The summed E-state index contributed by atoms with van der Waals surface area (Å²) in [5.41, 5.74) is 4.42. The summed E-state index contributed by atoms with van der Waals surface area (Å²) < 4.78 is 7.55. The van der Waals surface area contributed by atoms with Gasteiger partial charge < -0.3 is 20.4 Å². The average molecular weight is 441 g/mol. The second-order valence-electron chi connectivity index (χ2n) is 9.92. The molecule has 2 aliphatic carbocycles. The van der Waals surface area contributed by atoms with Crippen LogP contribution in [-0.2, 0) is 4.74 Å². The molecule has 0 bridgehead atoms. The number of hydrogen-bond acceptors (Lipinski definition) is 6. The Morgan fingerprint density at radius 2 is 2.00 bits per heavy atom. The minimum absolute atomic E-state index is 0.188. The lowest BCUT2D eigenvalue weighted by atomic mass is 9.97. The molecular formula is C23H29ClN6O. The number of halogens is 1. The molecule has 4 aliphatic rings. The van der Waals surface area contributed by atoms with Crippen LogP contribution < -0.4 is 10.2 Å². The first-order valence-corrected chi connectivity index (χ1v) is 11.6. The van der Waals surface area contributed by atoms with Gasteiger partial charge >= 0.3 is 0 Å². The van der Waals surface area contributed by atoms with Gasteiger partial charge in [0.15, 0.2) is 0 Å². The predicted molar refractivity (Wildman–Crippen MR) is 123 cm³/mol. The number of nitrogens with one attached hydrogen (secondary N) is 2. The second-order valence-corrected chi connectivity index (χ2v) is 10.3. The van der Waals surface area contributed by atoms with E-state index in [1.54, 1.807) is 0 Å². The SMILES string of the molecule is CC1(N2CCN(c3cc(Nc4cnn(C5CC56CC6)c4)c(C=N)cc3Cl)CC2)COC1. The van der Waals surface area contributed by atoms with Crippen molar-refractivity contribution in [2.24, 2.45) is 5.41 Å². The van der Waals surface area contributed by atoms with Crippen molar-refractivity contribution in [3.05, 3.63) is 35.1 Å². The highest BCUT2D eigenvalue weighted by Crippen LogP contribution is 2.72. The van der Waals surface area contributed by atoms with E-state index in [0.717, 1.165) is 62.0 Å². The monoisotopic (exact) mass is 440 g/mol. The molecule has 2 saturated heterocycles. The molecule has 0 radical (unpaired) electrons. The smallest absolute Gasteiger partial charge is 0.0770 e. The van der Waals surface area contributed by atoms with E-state index in [1.807, 2.05) is 12.3 Å². The quantitative estimate of drug-likeness (QED) is 0.666. The standard InChI is InChI=1S/C23H29ClN6O/c1-22(14-31-15-22)29-6-4-28(5-7-29)20-9-19(16(11-25)8-18(20)24)27-17-12-26-30(13-17)21-10-23(21)2-3-23/h8-9,11-13,21,25,27H,2-7,10,14-15H2,1H3. The highest BCUT2D eigenvalue weighted by Gasteiger charge is 2.64. The molecule has 4 fully saturated rings. The zero-order valence-electron chi connectivity index (χ0n) is 17.9. The molecule has 1 aromatic carbocycles. The van der Waals surface area contributed by atoms with E-state index in [-0.39, 0.29) is 5.54 Å². The molecule has 0 amide bonds. The summed E-state index contributed by atoms with van der Waals surface area (Å²) in [4.78, 5) is 4.88. The molecule has 2 aliphatic heterocycles. The molecule has 164 valence electrons. The fraction of sp³-hybridized carbons (Fsp3) is 0.565. The normalized spacial score (nSPS) is 25.9. The fourth-order valence-corrected chi connectivity index (χ4v) is 5.53. The summed E-state index contributed by atoms with van der Waals surface area (Å²) in [6.07, 6.45) is 9.30. The first-order valence-electron chi connectivity index (χ1n) is 11.2. The summed E-state index contributed by atoms with van der Waals surface area (Å²) in [6, 6.07) is 4.55. The van der Waals surface area contributed by atoms with Crippen molar-refractivity contribution in [1.82, 2.24) is 14.7 Å². The molecule has 1 atom stereocenters. The number of rotatable bonds is 6. The van der Waals surface area contributed by atoms with Gasteiger partial charge in [-0.3, -0.25) is 9.58 Å². The van der Waals surface area contributed by atoms with E-state index in [0.29, 0.717) is 16.5 Å². The number of nitrogens with zero attached hydrogens (tertiary/aromatic N) is 4. The van der Waals surface area contributed by atoms with Crippen LogP contribution >= 0.6 is 11.6 Å². The number of piperazine rings is 1. The van der Waals surface area contributed by atoms with Gasteiger partial charge in [-0.25, -0.2) is 0 Å². The van der Waals surface area contributed by atoms with Crippen molar-refractivity contribution in [3.63, 3.8) is 0 Å². The molecule has 6 rings (SSSR count). The van der Waals surface area contributed by atoms with Crippen molar-refractivity contribution in [3.8, 4) is 0 Å². The van der Waals surface area contributed by atoms with E-state index in [9.17, 15) is 0 Å². The van der Waals surface area contributed by atoms with Crippen LogP contribution in [0.1, 0.15) is 37.8 Å². The minimum atomic E-state index is 0.188. The van der Waals surface area contributed by atoms with E-state index >= 15 is 0 Å². The second kappa shape index (κ2) is 6.95. The van der Waals surface area contributed by atoms with Crippen LogP contribution in [-0.4, -0.2) is 65.8 Å². The number of ether oxygens (including phenoxy) is 1. The molecule has 2 N–H and O–H groups in total. The Morgan fingerprint density at radius 3 is 2.61 bits per heavy atom. The zero-order chi connectivity index (χ0) is 21.2. The first kappa shape index (κ1) is 19.6. The molecular weight excluding hydrogens is 412 g/mol. The molecule has 2 aromatic rings. The number of hydrogen-bond donors (Lipinski definition) is 2. The van der Waals surface area contributed by atoms with Gasteiger partial charge in [-0.2, -0.15) is 5.10 Å². The molecule has 1 unspecified atom stereocenters. The van der Waals surface area contributed by atoms with Gasteiger partial charge in [0.2, 0.25) is 0 Å². The van der Waals surface area contributed by atoms with Crippen LogP contribution in [0, 0.1) is 10.8 Å². The maximum Gasteiger partial charge on any atom is 0.0770 e. The third kappa shape index (κ3) is 3.34. The van der Waals surface area contributed by atoms with Gasteiger partial charge in [-0.05, 0) is 43.7 Å². The van der Waals surface area contributed by atoms with Crippen LogP contribution in [0.2, 0.25) is 5.02 Å². The lowest BCUT2D eigenvalue weighted by molar-refractivity contribution is -0.131. The van der Waals surface area contributed by atoms with Gasteiger partial charge in [-0.15, -0.1) is 0 Å². The van der Waals surface area contributed by atoms with E-state index in [4.69, 9.17) is 21.7 Å². The minimum Gasteiger partial charge on any atom is -0.377 e. The fourth-order valence-electron chi connectivity index (χ4n) is 5.24. The van der Waals surface area contributed by atoms with Crippen molar-refractivity contribution < 1.29 is 4.74 Å². The van der Waals surface area contributed by atoms with Gasteiger partial charge in [0, 0.05) is 49.8 Å². The molecule has 1 aromatic heterocycles.